The van der Waals surface area contributed by atoms with Crippen molar-refractivity contribution in [1.82, 2.24) is 0 Å². The Morgan fingerprint density at radius 1 is 1.00 bits per heavy atom. The van der Waals surface area contributed by atoms with Crippen LogP contribution in [-0.2, 0) is 14.3 Å². The van der Waals surface area contributed by atoms with E-state index >= 15 is 0 Å². The van der Waals surface area contributed by atoms with Crippen LogP contribution in [0.5, 0.6) is 0 Å². The van der Waals surface area contributed by atoms with Gasteiger partial charge in [-0.25, -0.2) is 0 Å². The molecule has 1 aliphatic heterocycles. The third kappa shape index (κ3) is 2.46. The number of fused-ring (bicyclic) bond motifs is 4. The molecule has 0 radical (unpaired) electrons. The third-order valence-electron chi connectivity index (χ3n) is 10.9. The molecule has 4 aliphatic carbocycles. The molecular formula is C27H38O4. The van der Waals surface area contributed by atoms with Crippen molar-refractivity contribution >= 4 is 11.6 Å². The minimum atomic E-state index is -0.426. The maximum Gasteiger partial charge on any atom is 0.232 e. The number of hydrogen-bond acceptors (Lipinski definition) is 4. The number of Topliss-reactive ketones (excluding diaryl/α,β-unsaturated/α-hetero) is 1. The van der Waals surface area contributed by atoms with E-state index in [1.165, 1.54) is 12.5 Å². The first-order valence-corrected chi connectivity index (χ1v) is 12.3. The van der Waals surface area contributed by atoms with E-state index in [0.29, 0.717) is 35.5 Å². The highest BCUT2D eigenvalue weighted by atomic mass is 16.5. The zero-order valence-electron chi connectivity index (χ0n) is 20.0. The van der Waals surface area contributed by atoms with Crippen molar-refractivity contribution < 1.29 is 19.4 Å². The molecule has 3 fully saturated rings. The maximum atomic E-state index is 12.8. The van der Waals surface area contributed by atoms with E-state index in [1.807, 2.05) is 6.92 Å². The predicted molar refractivity (Wildman–Crippen MR) is 119 cm³/mol. The van der Waals surface area contributed by atoms with Crippen molar-refractivity contribution in [3.8, 4) is 0 Å². The molecule has 31 heavy (non-hydrogen) atoms. The Hall–Kier alpha value is -1.42. The fraction of sp³-hybridized carbons (Fsp3) is 0.778. The molecule has 5 rings (SSSR count). The second-order valence-corrected chi connectivity index (χ2v) is 12.4. The Bertz CT molecular complexity index is 926. The summed E-state index contributed by atoms with van der Waals surface area (Å²) in [4.78, 5) is 25.1. The first kappa shape index (κ1) is 21.4. The average molecular weight is 427 g/mol. The van der Waals surface area contributed by atoms with Gasteiger partial charge in [0.15, 0.2) is 0 Å². The molecule has 1 heterocycles. The van der Waals surface area contributed by atoms with Crippen LogP contribution in [0.15, 0.2) is 23.0 Å². The fourth-order valence-corrected chi connectivity index (χ4v) is 9.10. The van der Waals surface area contributed by atoms with Gasteiger partial charge in [-0.2, -0.15) is 0 Å². The lowest BCUT2D eigenvalue weighted by atomic mass is 9.37. The molecule has 170 valence electrons. The van der Waals surface area contributed by atoms with Crippen molar-refractivity contribution in [2.75, 3.05) is 0 Å². The molecule has 1 spiro atoms. The molecule has 5 aliphatic rings. The van der Waals surface area contributed by atoms with Crippen LogP contribution in [0, 0.1) is 34.0 Å². The summed E-state index contributed by atoms with van der Waals surface area (Å²) in [6.45, 7) is 13.6. The molecule has 7 atom stereocenters. The molecule has 4 nitrogen and oxygen atoms in total. The molecular weight excluding hydrogens is 388 g/mol. The van der Waals surface area contributed by atoms with Crippen molar-refractivity contribution in [1.29, 1.82) is 0 Å². The molecule has 1 N–H and O–H groups in total. The summed E-state index contributed by atoms with van der Waals surface area (Å²) < 4.78 is 6.90. The van der Waals surface area contributed by atoms with Crippen LogP contribution in [0.4, 0.5) is 0 Å². The van der Waals surface area contributed by atoms with Crippen molar-refractivity contribution in [2.45, 2.75) is 98.2 Å². The number of hydrogen-bond donors (Lipinski definition) is 1. The summed E-state index contributed by atoms with van der Waals surface area (Å²) in [6.07, 6.45) is 8.08. The molecule has 0 aromatic heterocycles. The van der Waals surface area contributed by atoms with Gasteiger partial charge in [-0.1, -0.05) is 34.6 Å². The number of ether oxygens (including phenoxy) is 1. The Balaban J connectivity index is 1.58. The summed E-state index contributed by atoms with van der Waals surface area (Å²) in [5.74, 6) is 1.22. The smallest absolute Gasteiger partial charge is 0.232 e. The normalized spacial score (nSPS) is 48.7. The highest BCUT2D eigenvalue weighted by Crippen LogP contribution is 2.72. The minimum Gasteiger partial charge on any atom is -0.485 e. The topological polar surface area (TPSA) is 63.6 Å². The van der Waals surface area contributed by atoms with Crippen LogP contribution in [0.25, 0.3) is 0 Å². The highest BCUT2D eigenvalue weighted by Gasteiger charge is 2.70. The van der Waals surface area contributed by atoms with E-state index in [2.05, 4.69) is 34.6 Å². The fourth-order valence-electron chi connectivity index (χ4n) is 9.10. The van der Waals surface area contributed by atoms with Crippen molar-refractivity contribution in [3.63, 3.8) is 0 Å². The predicted octanol–water partition coefficient (Wildman–Crippen LogP) is 5.15. The van der Waals surface area contributed by atoms with Crippen molar-refractivity contribution in [2.24, 2.45) is 34.0 Å². The number of ketones is 2. The second kappa shape index (κ2) is 6.34. The summed E-state index contributed by atoms with van der Waals surface area (Å²) in [5, 5.41) is 10.8. The molecule has 0 unspecified atom stereocenters. The van der Waals surface area contributed by atoms with Crippen LogP contribution in [0.1, 0.15) is 86.5 Å². The number of carbonyl (C=O) groups excluding carboxylic acids is 2. The van der Waals surface area contributed by atoms with Gasteiger partial charge in [-0.3, -0.25) is 9.59 Å². The number of carbonyl (C=O) groups is 2. The van der Waals surface area contributed by atoms with E-state index in [4.69, 9.17) is 4.74 Å². The monoisotopic (exact) mass is 426 g/mol. The first-order chi connectivity index (χ1) is 14.4. The van der Waals surface area contributed by atoms with Gasteiger partial charge in [0.2, 0.25) is 11.6 Å². The number of rotatable bonds is 0. The van der Waals surface area contributed by atoms with E-state index in [-0.39, 0.29) is 28.1 Å². The Labute approximate surface area is 186 Å². The van der Waals surface area contributed by atoms with E-state index in [9.17, 15) is 14.7 Å². The lowest BCUT2D eigenvalue weighted by Crippen LogP contribution is -2.67. The zero-order valence-corrected chi connectivity index (χ0v) is 20.0. The molecule has 0 bridgehead atoms. The van der Waals surface area contributed by atoms with Crippen LogP contribution in [0.2, 0.25) is 0 Å². The van der Waals surface area contributed by atoms with E-state index < -0.39 is 11.4 Å². The van der Waals surface area contributed by atoms with Gasteiger partial charge in [-0.15, -0.1) is 0 Å². The SMILES string of the molecule is CC1=CC(=O)C(=O)C2=C1O[C@@]1(C2)[C@@H](C)CC[C@H]2[C@@]3(C)CC[C@H](O)C(C)(C)[C@H]3CC[C@]21C. The highest BCUT2D eigenvalue weighted by molar-refractivity contribution is 6.48. The van der Waals surface area contributed by atoms with Crippen molar-refractivity contribution in [3.05, 3.63) is 23.0 Å². The van der Waals surface area contributed by atoms with Crippen LogP contribution in [0.3, 0.4) is 0 Å². The van der Waals surface area contributed by atoms with Crippen LogP contribution in [-0.4, -0.2) is 28.4 Å². The summed E-state index contributed by atoms with van der Waals surface area (Å²) >= 11 is 0. The molecule has 0 amide bonds. The standard InChI is InChI=1S/C27H38O4/c1-15-13-18(28)22(30)17-14-27(31-23(15)17)16(2)7-8-20-25(5)11-10-21(29)24(3,4)19(25)9-12-26(20,27)6/h13,16,19-21,29H,7-12,14H2,1-6H3/t16-,19+,20-,21-,25-,26+,27-/m0/s1. The maximum absolute atomic E-state index is 12.8. The number of allylic oxidation sites excluding steroid dienone is 2. The molecule has 3 saturated carbocycles. The molecule has 4 heteroatoms. The number of aliphatic hydroxyl groups excluding tert-OH is 1. The van der Waals surface area contributed by atoms with Crippen LogP contribution < -0.4 is 0 Å². The van der Waals surface area contributed by atoms with Gasteiger partial charge in [0.25, 0.3) is 0 Å². The minimum absolute atomic E-state index is 0.0603. The average Bonchev–Trinajstić information content (AvgIpc) is 3.11. The van der Waals surface area contributed by atoms with Gasteiger partial charge < -0.3 is 9.84 Å². The van der Waals surface area contributed by atoms with Gasteiger partial charge >= 0.3 is 0 Å². The van der Waals surface area contributed by atoms with E-state index in [1.54, 1.807) is 0 Å². The van der Waals surface area contributed by atoms with Gasteiger partial charge in [0, 0.05) is 17.4 Å². The summed E-state index contributed by atoms with van der Waals surface area (Å²) in [7, 11) is 0. The van der Waals surface area contributed by atoms with Crippen LogP contribution >= 0.6 is 0 Å². The zero-order chi connectivity index (χ0) is 22.6. The number of aliphatic hydroxyl groups is 1. The first-order valence-electron chi connectivity index (χ1n) is 12.3. The van der Waals surface area contributed by atoms with Gasteiger partial charge in [-0.05, 0) is 85.7 Å². The molecule has 0 saturated heterocycles. The summed E-state index contributed by atoms with van der Waals surface area (Å²) in [6, 6.07) is 0. The lowest BCUT2D eigenvalue weighted by molar-refractivity contribution is -0.250. The van der Waals surface area contributed by atoms with E-state index in [0.717, 1.165) is 37.7 Å². The third-order valence-corrected chi connectivity index (χ3v) is 10.9. The van der Waals surface area contributed by atoms with Gasteiger partial charge in [0.05, 0.1) is 6.10 Å². The Morgan fingerprint density at radius 2 is 1.71 bits per heavy atom. The van der Waals surface area contributed by atoms with Gasteiger partial charge in [0.1, 0.15) is 11.4 Å². The second-order valence-electron chi connectivity index (χ2n) is 12.4. The quantitative estimate of drug-likeness (QED) is 0.430. The lowest BCUT2D eigenvalue weighted by Gasteiger charge is -2.69. The summed E-state index contributed by atoms with van der Waals surface area (Å²) in [5.41, 5.74) is 1.00. The Kier molecular flexibility index (Phi) is 4.38. The molecule has 0 aromatic carbocycles. The Morgan fingerprint density at radius 3 is 2.42 bits per heavy atom. The largest absolute Gasteiger partial charge is 0.485 e. The molecule has 0 aromatic rings.